The van der Waals surface area contributed by atoms with Crippen molar-refractivity contribution in [3.05, 3.63) is 110 Å². The first-order valence-corrected chi connectivity index (χ1v) is 13.3. The fourth-order valence-corrected chi connectivity index (χ4v) is 6.56. The van der Waals surface area contributed by atoms with Gasteiger partial charge in [0.2, 0.25) is 5.91 Å². The first-order chi connectivity index (χ1) is 17.9. The Morgan fingerprint density at radius 1 is 0.865 bits per heavy atom. The molecule has 2 fully saturated rings. The number of nitro benzene ring substituents is 1. The lowest BCUT2D eigenvalue weighted by molar-refractivity contribution is -0.384. The maximum atomic E-state index is 13.8. The number of hydroxylamine groups is 1. The average Bonchev–Trinajstić information content (AvgIpc) is 3.61. The maximum absolute atomic E-state index is 13.8. The maximum Gasteiger partial charge on any atom is 0.269 e. The van der Waals surface area contributed by atoms with Crippen LogP contribution in [0.3, 0.4) is 0 Å². The highest BCUT2D eigenvalue weighted by molar-refractivity contribution is 14.1. The summed E-state index contributed by atoms with van der Waals surface area (Å²) in [7, 11) is 0. The zero-order valence-electron chi connectivity index (χ0n) is 19.1. The summed E-state index contributed by atoms with van der Waals surface area (Å²) in [6, 6.07) is 26.4. The van der Waals surface area contributed by atoms with E-state index in [0.717, 1.165) is 24.6 Å². The van der Waals surface area contributed by atoms with E-state index in [9.17, 15) is 19.7 Å². The lowest BCUT2D eigenvalue weighted by atomic mass is 9.95. The summed E-state index contributed by atoms with van der Waals surface area (Å²) >= 11 is 3.60. The monoisotopic (exact) mass is 623 g/mol. The molecule has 2 amide bonds. The molecule has 0 N–H and O–H groups in total. The number of nitrogens with zero attached hydrogens (tertiary/aromatic N) is 3. The second-order valence-corrected chi connectivity index (χ2v) is 10.9. The second-order valence-electron chi connectivity index (χ2n) is 8.63. The Labute approximate surface area is 229 Å². The summed E-state index contributed by atoms with van der Waals surface area (Å²) < 4.78 is 0.801. The van der Waals surface area contributed by atoms with E-state index in [1.165, 1.54) is 28.4 Å². The van der Waals surface area contributed by atoms with E-state index in [2.05, 4.69) is 22.6 Å². The van der Waals surface area contributed by atoms with Crippen LogP contribution in [0.15, 0.2) is 91.0 Å². The predicted octanol–water partition coefficient (Wildman–Crippen LogP) is 5.98. The van der Waals surface area contributed by atoms with Gasteiger partial charge in [-0.2, -0.15) is 0 Å². The third kappa shape index (κ3) is 4.01. The fraction of sp³-hybridized carbons (Fsp3) is 0.111. The smallest absolute Gasteiger partial charge is 0.269 e. The molecule has 2 aliphatic rings. The topological polar surface area (TPSA) is 93.0 Å². The highest BCUT2D eigenvalue weighted by atomic mass is 127. The number of amides is 2. The van der Waals surface area contributed by atoms with Gasteiger partial charge in [-0.15, -0.1) is 11.3 Å². The molecule has 0 unspecified atom stereocenters. The van der Waals surface area contributed by atoms with E-state index in [4.69, 9.17) is 4.84 Å². The van der Waals surface area contributed by atoms with Crippen LogP contribution in [0, 0.1) is 19.6 Å². The minimum Gasteiger partial charge on any atom is -0.273 e. The lowest BCUT2D eigenvalue weighted by Gasteiger charge is -2.28. The number of carbonyl (C=O) groups is 2. The molecule has 0 aliphatic carbocycles. The highest BCUT2D eigenvalue weighted by Crippen LogP contribution is 2.50. The van der Waals surface area contributed by atoms with Crippen molar-refractivity contribution in [1.82, 2.24) is 0 Å². The second kappa shape index (κ2) is 9.36. The van der Waals surface area contributed by atoms with Crippen LogP contribution in [0.5, 0.6) is 0 Å². The number of hydrogen-bond donors (Lipinski definition) is 0. The molecule has 10 heteroatoms. The van der Waals surface area contributed by atoms with Gasteiger partial charge >= 0.3 is 0 Å². The van der Waals surface area contributed by atoms with Gasteiger partial charge in [-0.25, -0.2) is 9.96 Å². The lowest BCUT2D eigenvalue weighted by Crippen LogP contribution is -2.37. The number of rotatable bonds is 5. The number of non-ortho nitro benzene ring substituents is 1. The number of anilines is 2. The average molecular weight is 623 g/mol. The summed E-state index contributed by atoms with van der Waals surface area (Å²) in [4.78, 5) is 47.2. The number of fused-ring (bicyclic) bond motifs is 1. The van der Waals surface area contributed by atoms with Gasteiger partial charge in [0, 0.05) is 25.5 Å². The third-order valence-electron chi connectivity index (χ3n) is 6.50. The number of thiophene rings is 1. The van der Waals surface area contributed by atoms with Crippen LogP contribution in [0.4, 0.5) is 17.1 Å². The van der Waals surface area contributed by atoms with Crippen molar-refractivity contribution in [2.45, 2.75) is 12.1 Å². The van der Waals surface area contributed by atoms with E-state index in [1.54, 1.807) is 29.3 Å². The SMILES string of the molecule is O=C1[C@H]2[C@@H](c3ccc(-c4ccc([N+](=O)[O-])cc4)s3)N(c3ccccc3)O[C@H]2C(=O)N1c1ccccc1I. The number of nitro groups is 1. The van der Waals surface area contributed by atoms with Crippen molar-refractivity contribution in [1.29, 1.82) is 0 Å². The van der Waals surface area contributed by atoms with Gasteiger partial charge in [0.25, 0.3) is 11.6 Å². The third-order valence-corrected chi connectivity index (χ3v) is 8.62. The summed E-state index contributed by atoms with van der Waals surface area (Å²) in [6.45, 7) is 0. The molecule has 4 aromatic rings. The molecule has 2 saturated heterocycles. The molecule has 3 atom stereocenters. The van der Waals surface area contributed by atoms with Crippen molar-refractivity contribution < 1.29 is 19.3 Å². The molecule has 3 heterocycles. The van der Waals surface area contributed by atoms with Gasteiger partial charge in [0.1, 0.15) is 12.0 Å². The number of benzene rings is 3. The molecule has 0 saturated carbocycles. The molecule has 0 bridgehead atoms. The number of hydrogen-bond acceptors (Lipinski definition) is 7. The van der Waals surface area contributed by atoms with E-state index < -0.39 is 23.0 Å². The largest absolute Gasteiger partial charge is 0.273 e. The zero-order chi connectivity index (χ0) is 25.7. The molecule has 37 heavy (non-hydrogen) atoms. The predicted molar refractivity (Wildman–Crippen MR) is 148 cm³/mol. The molecule has 184 valence electrons. The van der Waals surface area contributed by atoms with Crippen molar-refractivity contribution in [3.63, 3.8) is 0 Å². The summed E-state index contributed by atoms with van der Waals surface area (Å²) in [5.41, 5.74) is 2.15. The van der Waals surface area contributed by atoms with Gasteiger partial charge in [-0.1, -0.05) is 30.3 Å². The van der Waals surface area contributed by atoms with Gasteiger partial charge < -0.3 is 0 Å². The standard InChI is InChI=1S/C27H18IN3O5S/c28-19-8-4-5-9-20(19)29-26(32)23-24(30(36-25(23)27(29)33)17-6-2-1-3-7-17)22-15-14-21(37-22)16-10-12-18(13-11-16)31(34)35/h1-15,23-25H/t23-,24+,25+/m0/s1. The number of imide groups is 1. The Balaban J connectivity index is 1.40. The van der Waals surface area contributed by atoms with Crippen LogP contribution < -0.4 is 9.96 Å². The van der Waals surface area contributed by atoms with Gasteiger partial charge in [0.15, 0.2) is 6.10 Å². The highest BCUT2D eigenvalue weighted by Gasteiger charge is 2.60. The first-order valence-electron chi connectivity index (χ1n) is 11.4. The Morgan fingerprint density at radius 2 is 1.57 bits per heavy atom. The van der Waals surface area contributed by atoms with Crippen molar-refractivity contribution in [2.75, 3.05) is 9.96 Å². The molecular formula is C27H18IN3O5S. The molecular weight excluding hydrogens is 605 g/mol. The minimum atomic E-state index is -0.946. The number of halogens is 1. The van der Waals surface area contributed by atoms with Crippen LogP contribution in [0.2, 0.25) is 0 Å². The number of para-hydroxylation sites is 2. The molecule has 6 rings (SSSR count). The van der Waals surface area contributed by atoms with E-state index >= 15 is 0 Å². The Hall–Kier alpha value is -3.61. The molecule has 3 aromatic carbocycles. The zero-order valence-corrected chi connectivity index (χ0v) is 22.0. The van der Waals surface area contributed by atoms with E-state index in [1.807, 2.05) is 54.6 Å². The van der Waals surface area contributed by atoms with Crippen LogP contribution in [0.1, 0.15) is 10.9 Å². The first kappa shape index (κ1) is 23.8. The number of carbonyl (C=O) groups excluding carboxylic acids is 2. The summed E-state index contributed by atoms with van der Waals surface area (Å²) in [5.74, 6) is -1.41. The Kier molecular flexibility index (Phi) is 6.01. The Morgan fingerprint density at radius 3 is 2.27 bits per heavy atom. The molecule has 8 nitrogen and oxygen atoms in total. The summed E-state index contributed by atoms with van der Waals surface area (Å²) in [6.07, 6.45) is -0.946. The Bertz CT molecular complexity index is 1520. The normalized spacial score (nSPS) is 20.9. The van der Waals surface area contributed by atoms with Crippen LogP contribution in [0.25, 0.3) is 10.4 Å². The van der Waals surface area contributed by atoms with Gasteiger partial charge in [-0.3, -0.25) is 24.5 Å². The van der Waals surface area contributed by atoms with Gasteiger partial charge in [0.05, 0.1) is 16.3 Å². The van der Waals surface area contributed by atoms with E-state index in [0.29, 0.717) is 5.69 Å². The van der Waals surface area contributed by atoms with Crippen LogP contribution >= 0.6 is 33.9 Å². The van der Waals surface area contributed by atoms with Gasteiger partial charge in [-0.05, 0) is 76.7 Å². The van der Waals surface area contributed by atoms with E-state index in [-0.39, 0.29) is 17.5 Å². The quantitative estimate of drug-likeness (QED) is 0.118. The van der Waals surface area contributed by atoms with Crippen molar-refractivity contribution >= 4 is 62.8 Å². The molecule has 0 radical (unpaired) electrons. The van der Waals surface area contributed by atoms with Crippen LogP contribution in [-0.2, 0) is 14.4 Å². The minimum absolute atomic E-state index is 0.0218. The summed E-state index contributed by atoms with van der Waals surface area (Å²) in [5, 5.41) is 12.7. The molecule has 2 aliphatic heterocycles. The molecule has 0 spiro atoms. The molecule has 1 aromatic heterocycles. The fourth-order valence-electron chi connectivity index (χ4n) is 4.79. The van der Waals surface area contributed by atoms with Crippen molar-refractivity contribution in [2.24, 2.45) is 5.92 Å². The van der Waals surface area contributed by atoms with Crippen LogP contribution in [-0.4, -0.2) is 22.8 Å². The van der Waals surface area contributed by atoms with Crippen molar-refractivity contribution in [3.8, 4) is 10.4 Å².